The Kier molecular flexibility index (Phi) is 1.73. The van der Waals surface area contributed by atoms with Crippen molar-refractivity contribution in [1.82, 2.24) is 4.90 Å². The van der Waals surface area contributed by atoms with Gasteiger partial charge in [-0.15, -0.1) is 0 Å². The molecule has 0 aromatic carbocycles. The Labute approximate surface area is 76.5 Å². The van der Waals surface area contributed by atoms with Crippen LogP contribution in [0.5, 0.6) is 0 Å². The highest BCUT2D eigenvalue weighted by molar-refractivity contribution is 7.88. The van der Waals surface area contributed by atoms with Gasteiger partial charge in [-0.05, 0) is 6.08 Å². The molecule has 2 aliphatic heterocycles. The summed E-state index contributed by atoms with van der Waals surface area (Å²) >= 11 is 0. The molecule has 6 heteroatoms. The van der Waals surface area contributed by atoms with Crippen LogP contribution >= 0.6 is 0 Å². The molecule has 2 unspecified atom stereocenters. The van der Waals surface area contributed by atoms with E-state index in [2.05, 4.69) is 0 Å². The Bertz CT molecular complexity index is 337. The highest BCUT2D eigenvalue weighted by Gasteiger charge is 2.47. The number of nitrogens with zero attached hydrogens (tertiary/aromatic N) is 1. The number of aliphatic carboxylic acids is 1. The zero-order valence-corrected chi connectivity index (χ0v) is 7.36. The molecule has 2 rings (SSSR count). The average Bonchev–Trinajstić information content (AvgIpc) is 2.05. The first-order chi connectivity index (χ1) is 6.11. The molecule has 1 fully saturated rings. The molecule has 0 aromatic rings. The van der Waals surface area contributed by atoms with Gasteiger partial charge in [0.05, 0.1) is 17.2 Å². The van der Waals surface area contributed by atoms with Crippen molar-refractivity contribution in [3.05, 3.63) is 11.5 Å². The SMILES string of the molecule is O=C(O)C1C=CS(=O)[C@@H]2CC(=O)N12. The van der Waals surface area contributed by atoms with Crippen molar-refractivity contribution >= 4 is 22.7 Å². The number of carboxylic acids is 1. The fourth-order valence-corrected chi connectivity index (χ4v) is 2.73. The topological polar surface area (TPSA) is 74.7 Å². The van der Waals surface area contributed by atoms with Gasteiger partial charge in [-0.1, -0.05) is 0 Å². The highest BCUT2D eigenvalue weighted by atomic mass is 32.2. The lowest BCUT2D eigenvalue weighted by molar-refractivity contribution is -0.155. The van der Waals surface area contributed by atoms with Crippen LogP contribution in [0.2, 0.25) is 0 Å². The van der Waals surface area contributed by atoms with Crippen LogP contribution in [0, 0.1) is 0 Å². The van der Waals surface area contributed by atoms with Gasteiger partial charge in [-0.3, -0.25) is 9.00 Å². The summed E-state index contributed by atoms with van der Waals surface area (Å²) in [6, 6.07) is -0.927. The largest absolute Gasteiger partial charge is 0.479 e. The molecule has 0 aliphatic carbocycles. The lowest BCUT2D eigenvalue weighted by Gasteiger charge is -2.43. The Morgan fingerprint density at radius 1 is 1.69 bits per heavy atom. The van der Waals surface area contributed by atoms with E-state index in [1.807, 2.05) is 0 Å². The minimum Gasteiger partial charge on any atom is -0.479 e. The smallest absolute Gasteiger partial charge is 0.330 e. The molecule has 0 aromatic heterocycles. The van der Waals surface area contributed by atoms with Crippen molar-refractivity contribution in [2.24, 2.45) is 0 Å². The number of carbonyl (C=O) groups is 2. The number of hydrogen-bond acceptors (Lipinski definition) is 3. The maximum atomic E-state index is 11.2. The zero-order valence-electron chi connectivity index (χ0n) is 6.54. The maximum absolute atomic E-state index is 11.2. The molecular formula is C7H7NO4S. The molecule has 0 radical (unpaired) electrons. The molecule has 2 heterocycles. The summed E-state index contributed by atoms with van der Waals surface area (Å²) in [5.74, 6) is -1.32. The van der Waals surface area contributed by atoms with Crippen LogP contribution in [0.3, 0.4) is 0 Å². The number of hydrogen-bond donors (Lipinski definition) is 1. The van der Waals surface area contributed by atoms with Crippen molar-refractivity contribution < 1.29 is 18.9 Å². The molecule has 1 amide bonds. The van der Waals surface area contributed by atoms with Gasteiger partial charge in [0.15, 0.2) is 0 Å². The standard InChI is InChI=1S/C7H7NO4S/c9-5-3-6-8(5)4(7(10)11)1-2-13(6)12/h1-2,4,6H,3H2,(H,10,11)/t4?,6-,13?/m1/s1. The number of amides is 1. The lowest BCUT2D eigenvalue weighted by atomic mass is 10.1. The number of carboxylic acid groups (broad SMARTS) is 1. The molecule has 13 heavy (non-hydrogen) atoms. The van der Waals surface area contributed by atoms with Gasteiger partial charge in [0, 0.05) is 5.41 Å². The molecule has 0 saturated carbocycles. The maximum Gasteiger partial charge on any atom is 0.330 e. The predicted molar refractivity (Wildman–Crippen MR) is 44.0 cm³/mol. The van der Waals surface area contributed by atoms with Gasteiger partial charge >= 0.3 is 5.97 Å². The lowest BCUT2D eigenvalue weighted by Crippen LogP contribution is -2.62. The molecule has 1 N–H and O–H groups in total. The molecule has 2 aliphatic rings. The third-order valence-electron chi connectivity index (χ3n) is 2.16. The van der Waals surface area contributed by atoms with Crippen LogP contribution in [-0.2, 0) is 20.4 Å². The molecule has 5 nitrogen and oxygen atoms in total. The number of carbonyl (C=O) groups excluding carboxylic acids is 1. The molecular weight excluding hydrogens is 194 g/mol. The van der Waals surface area contributed by atoms with E-state index in [0.29, 0.717) is 0 Å². The summed E-state index contributed by atoms with van der Waals surface area (Å²) in [5, 5.41) is 9.66. The minimum atomic E-state index is -1.22. The average molecular weight is 201 g/mol. The molecule has 3 atom stereocenters. The van der Waals surface area contributed by atoms with Crippen LogP contribution in [0.4, 0.5) is 0 Å². The summed E-state index contributed by atoms with van der Waals surface area (Å²) in [6.07, 6.45) is 1.49. The molecule has 70 valence electrons. The van der Waals surface area contributed by atoms with Gasteiger partial charge in [-0.2, -0.15) is 0 Å². The van der Waals surface area contributed by atoms with E-state index in [9.17, 15) is 13.8 Å². The van der Waals surface area contributed by atoms with Crippen LogP contribution in [0.1, 0.15) is 6.42 Å². The second-order valence-corrected chi connectivity index (χ2v) is 4.37. The Hall–Kier alpha value is -1.17. The number of β-lactam (4-membered cyclic amide) rings is 1. The molecule has 1 saturated heterocycles. The van der Waals surface area contributed by atoms with Crippen LogP contribution in [0.25, 0.3) is 0 Å². The Balaban J connectivity index is 2.31. The van der Waals surface area contributed by atoms with Crippen LogP contribution in [-0.4, -0.2) is 37.5 Å². The first-order valence-corrected chi connectivity index (χ1v) is 5.00. The van der Waals surface area contributed by atoms with E-state index >= 15 is 0 Å². The van der Waals surface area contributed by atoms with Gasteiger partial charge < -0.3 is 10.0 Å². The second kappa shape index (κ2) is 2.66. The summed E-state index contributed by atoms with van der Waals surface area (Å²) in [7, 11) is -1.22. The Morgan fingerprint density at radius 2 is 2.38 bits per heavy atom. The van der Waals surface area contributed by atoms with E-state index in [0.717, 1.165) is 0 Å². The quantitative estimate of drug-likeness (QED) is 0.568. The Morgan fingerprint density at radius 3 is 2.92 bits per heavy atom. The van der Waals surface area contributed by atoms with Gasteiger partial charge in [0.2, 0.25) is 5.91 Å². The third kappa shape index (κ3) is 1.09. The van der Waals surface area contributed by atoms with Crippen molar-refractivity contribution in [1.29, 1.82) is 0 Å². The summed E-state index contributed by atoms with van der Waals surface area (Å²) < 4.78 is 11.2. The van der Waals surface area contributed by atoms with Crippen LogP contribution in [0.15, 0.2) is 11.5 Å². The van der Waals surface area contributed by atoms with Crippen molar-refractivity contribution in [3.63, 3.8) is 0 Å². The zero-order chi connectivity index (χ0) is 9.59. The number of rotatable bonds is 1. The minimum absolute atomic E-state index is 0.195. The van der Waals surface area contributed by atoms with Crippen molar-refractivity contribution in [2.45, 2.75) is 17.8 Å². The van der Waals surface area contributed by atoms with E-state index in [1.165, 1.54) is 16.4 Å². The van der Waals surface area contributed by atoms with Crippen LogP contribution < -0.4 is 0 Å². The number of fused-ring (bicyclic) bond motifs is 1. The normalized spacial score (nSPS) is 36.8. The summed E-state index contributed by atoms with van der Waals surface area (Å²) in [5.41, 5.74) is 0. The highest BCUT2D eigenvalue weighted by Crippen LogP contribution is 2.29. The molecule has 0 bridgehead atoms. The van der Waals surface area contributed by atoms with Gasteiger partial charge in [0.1, 0.15) is 11.4 Å². The molecule has 0 spiro atoms. The second-order valence-electron chi connectivity index (χ2n) is 2.90. The van der Waals surface area contributed by atoms with E-state index < -0.39 is 28.2 Å². The van der Waals surface area contributed by atoms with Gasteiger partial charge in [0.25, 0.3) is 0 Å². The summed E-state index contributed by atoms with van der Waals surface area (Å²) in [6.45, 7) is 0. The third-order valence-corrected chi connectivity index (χ3v) is 3.52. The van der Waals surface area contributed by atoms with E-state index in [1.54, 1.807) is 0 Å². The first kappa shape index (κ1) is 8.43. The first-order valence-electron chi connectivity index (χ1n) is 3.73. The monoisotopic (exact) mass is 201 g/mol. The fourth-order valence-electron chi connectivity index (χ4n) is 1.47. The fraction of sp³-hybridized carbons (Fsp3) is 0.429. The van der Waals surface area contributed by atoms with Gasteiger partial charge in [-0.25, -0.2) is 4.79 Å². The van der Waals surface area contributed by atoms with Crippen molar-refractivity contribution in [2.75, 3.05) is 0 Å². The van der Waals surface area contributed by atoms with E-state index in [-0.39, 0.29) is 12.3 Å². The van der Waals surface area contributed by atoms with E-state index in [4.69, 9.17) is 5.11 Å². The van der Waals surface area contributed by atoms with Crippen molar-refractivity contribution in [3.8, 4) is 0 Å². The predicted octanol–water partition coefficient (Wildman–Crippen LogP) is -0.726. The summed E-state index contributed by atoms with van der Waals surface area (Å²) in [4.78, 5) is 22.8.